The van der Waals surface area contributed by atoms with Gasteiger partial charge in [0.25, 0.3) is 10.0 Å². The van der Waals surface area contributed by atoms with Gasteiger partial charge in [0.05, 0.1) is 17.5 Å². The Morgan fingerprint density at radius 3 is 2.48 bits per heavy atom. The summed E-state index contributed by atoms with van der Waals surface area (Å²) in [7, 11) is -2.20. The van der Waals surface area contributed by atoms with E-state index in [2.05, 4.69) is 55.6 Å². The molecule has 4 aromatic rings. The SMILES string of the molecule is COc1ccc(S(=O)(=O)n2cc(C[C@H]3NC(C)(C)[C@H]4CC=C(CSc5ccccc5)[C@@H]3C4)c3ccccc32)cc1. The average Bonchev–Trinajstić information content (AvgIpc) is 3.35. The molecule has 1 aromatic heterocycles. The fraction of sp³-hybridized carbons (Fsp3) is 0.333. The number of hydrogen-bond donors (Lipinski definition) is 1. The first kappa shape index (κ1) is 27.2. The lowest BCUT2D eigenvalue weighted by Crippen LogP contribution is -2.60. The molecular weight excluding hydrogens is 537 g/mol. The van der Waals surface area contributed by atoms with E-state index in [0.29, 0.717) is 23.1 Å². The van der Waals surface area contributed by atoms with Gasteiger partial charge in [-0.3, -0.25) is 0 Å². The summed E-state index contributed by atoms with van der Waals surface area (Å²) in [5.41, 5.74) is 3.29. The highest BCUT2D eigenvalue weighted by atomic mass is 32.2. The molecule has 40 heavy (non-hydrogen) atoms. The van der Waals surface area contributed by atoms with Gasteiger partial charge in [-0.15, -0.1) is 11.8 Å². The van der Waals surface area contributed by atoms with Gasteiger partial charge in [-0.2, -0.15) is 0 Å². The number of nitrogens with zero attached hydrogens (tertiary/aromatic N) is 1. The second kappa shape index (κ2) is 10.8. The summed E-state index contributed by atoms with van der Waals surface area (Å²) >= 11 is 1.90. The van der Waals surface area contributed by atoms with Crippen molar-refractivity contribution in [3.63, 3.8) is 0 Å². The van der Waals surface area contributed by atoms with Crippen molar-refractivity contribution in [2.45, 2.75) is 54.5 Å². The largest absolute Gasteiger partial charge is 0.497 e. The Hall–Kier alpha value is -3.00. The second-order valence-corrected chi connectivity index (χ2v) is 14.3. The summed E-state index contributed by atoms with van der Waals surface area (Å²) in [6.45, 7) is 4.63. The molecule has 0 spiro atoms. The Balaban J connectivity index is 1.33. The maximum atomic E-state index is 13.8. The molecule has 2 aliphatic rings. The molecule has 1 aliphatic carbocycles. The number of benzene rings is 3. The molecule has 3 aromatic carbocycles. The van der Waals surface area contributed by atoms with Crippen LogP contribution in [0.15, 0.2) is 106 Å². The number of allylic oxidation sites excluding steroid dienone is 1. The number of piperidine rings is 1. The van der Waals surface area contributed by atoms with Crippen molar-refractivity contribution >= 4 is 32.7 Å². The zero-order chi connectivity index (χ0) is 27.9. The van der Waals surface area contributed by atoms with Crippen LogP contribution < -0.4 is 10.1 Å². The topological polar surface area (TPSA) is 60.3 Å². The summed E-state index contributed by atoms with van der Waals surface area (Å²) in [5.74, 6) is 2.62. The fourth-order valence-corrected chi connectivity index (χ4v) is 8.83. The number of ether oxygens (including phenoxy) is 1. The summed E-state index contributed by atoms with van der Waals surface area (Å²) in [4.78, 5) is 1.54. The summed E-state index contributed by atoms with van der Waals surface area (Å²) in [6, 6.07) is 25.3. The van der Waals surface area contributed by atoms with Crippen LogP contribution in [0.3, 0.4) is 0 Å². The first-order valence-electron chi connectivity index (χ1n) is 13.9. The molecule has 1 fully saturated rings. The Bertz CT molecular complexity index is 1640. The molecule has 1 aliphatic heterocycles. The van der Waals surface area contributed by atoms with Crippen molar-refractivity contribution in [2.75, 3.05) is 12.9 Å². The number of methoxy groups -OCH3 is 1. The van der Waals surface area contributed by atoms with Crippen molar-refractivity contribution < 1.29 is 13.2 Å². The van der Waals surface area contributed by atoms with E-state index in [1.54, 1.807) is 31.4 Å². The van der Waals surface area contributed by atoms with Crippen LogP contribution in [0.1, 0.15) is 32.3 Å². The monoisotopic (exact) mass is 572 g/mol. The molecule has 1 N–H and O–H groups in total. The van der Waals surface area contributed by atoms with E-state index in [4.69, 9.17) is 4.74 Å². The maximum absolute atomic E-state index is 13.8. The lowest BCUT2D eigenvalue weighted by molar-refractivity contribution is 0.109. The summed E-state index contributed by atoms with van der Waals surface area (Å²) in [6.07, 6.45) is 7.36. The summed E-state index contributed by atoms with van der Waals surface area (Å²) in [5, 5.41) is 4.99. The van der Waals surface area contributed by atoms with Crippen LogP contribution in [-0.4, -0.2) is 36.8 Å². The van der Waals surface area contributed by atoms with E-state index in [0.717, 1.165) is 36.0 Å². The van der Waals surface area contributed by atoms with Gasteiger partial charge in [0, 0.05) is 33.8 Å². The number of nitrogens with one attached hydrogen (secondary N) is 1. The third kappa shape index (κ3) is 5.11. The molecule has 208 valence electrons. The highest BCUT2D eigenvalue weighted by molar-refractivity contribution is 7.99. The van der Waals surface area contributed by atoms with Gasteiger partial charge >= 0.3 is 0 Å². The molecule has 0 amide bonds. The van der Waals surface area contributed by atoms with Crippen molar-refractivity contribution in [1.82, 2.24) is 9.29 Å². The first-order valence-corrected chi connectivity index (χ1v) is 16.3. The van der Waals surface area contributed by atoms with E-state index in [9.17, 15) is 8.42 Å². The van der Waals surface area contributed by atoms with E-state index < -0.39 is 10.0 Å². The molecule has 5 nitrogen and oxygen atoms in total. The number of hydrogen-bond acceptors (Lipinski definition) is 5. The first-order chi connectivity index (χ1) is 19.3. The van der Waals surface area contributed by atoms with E-state index in [-0.39, 0.29) is 16.5 Å². The van der Waals surface area contributed by atoms with E-state index >= 15 is 0 Å². The van der Waals surface area contributed by atoms with Crippen molar-refractivity contribution in [2.24, 2.45) is 11.8 Å². The minimum Gasteiger partial charge on any atom is -0.497 e. The van der Waals surface area contributed by atoms with Crippen molar-refractivity contribution in [3.8, 4) is 5.75 Å². The molecular formula is C33H36N2O3S2. The van der Waals surface area contributed by atoms with Gasteiger partial charge in [0.2, 0.25) is 0 Å². The zero-order valence-electron chi connectivity index (χ0n) is 23.2. The molecule has 0 unspecified atom stereocenters. The van der Waals surface area contributed by atoms with Gasteiger partial charge in [0.15, 0.2) is 0 Å². The molecule has 0 radical (unpaired) electrons. The van der Waals surface area contributed by atoms with Crippen LogP contribution >= 0.6 is 11.8 Å². The Morgan fingerprint density at radius 1 is 1.00 bits per heavy atom. The maximum Gasteiger partial charge on any atom is 0.268 e. The highest BCUT2D eigenvalue weighted by Crippen LogP contribution is 2.44. The van der Waals surface area contributed by atoms with Crippen LogP contribution in [0.25, 0.3) is 10.9 Å². The second-order valence-electron chi connectivity index (χ2n) is 11.5. The van der Waals surface area contributed by atoms with Crippen LogP contribution in [0.5, 0.6) is 5.75 Å². The molecule has 2 heterocycles. The lowest BCUT2D eigenvalue weighted by Gasteiger charge is -2.51. The van der Waals surface area contributed by atoms with Crippen LogP contribution in [0, 0.1) is 11.8 Å². The van der Waals surface area contributed by atoms with Gasteiger partial charge in [-0.05, 0) is 93.0 Å². The van der Waals surface area contributed by atoms with E-state index in [1.807, 2.05) is 42.2 Å². The molecule has 2 bridgehead atoms. The number of fused-ring (bicyclic) bond motifs is 3. The number of rotatable bonds is 8. The van der Waals surface area contributed by atoms with Crippen molar-refractivity contribution in [3.05, 3.63) is 102 Å². The van der Waals surface area contributed by atoms with Crippen molar-refractivity contribution in [1.29, 1.82) is 0 Å². The number of aromatic nitrogens is 1. The van der Waals surface area contributed by atoms with Gasteiger partial charge in [0.1, 0.15) is 5.75 Å². The quantitative estimate of drug-likeness (QED) is 0.183. The predicted octanol–water partition coefficient (Wildman–Crippen LogP) is 6.92. The van der Waals surface area contributed by atoms with Crippen LogP contribution in [-0.2, 0) is 16.4 Å². The third-order valence-corrected chi connectivity index (χ3v) is 11.5. The predicted molar refractivity (Wildman–Crippen MR) is 164 cm³/mol. The van der Waals surface area contributed by atoms with Crippen LogP contribution in [0.4, 0.5) is 0 Å². The summed E-state index contributed by atoms with van der Waals surface area (Å²) < 4.78 is 34.3. The normalized spacial score (nSPS) is 22.2. The van der Waals surface area contributed by atoms with Crippen LogP contribution in [0.2, 0.25) is 0 Å². The smallest absolute Gasteiger partial charge is 0.268 e. The lowest BCUT2D eigenvalue weighted by atomic mass is 9.66. The Labute approximate surface area is 241 Å². The molecule has 6 rings (SSSR count). The Kier molecular flexibility index (Phi) is 7.32. The fourth-order valence-electron chi connectivity index (χ4n) is 6.43. The Morgan fingerprint density at radius 2 is 1.73 bits per heavy atom. The molecule has 0 saturated carbocycles. The standard InChI is InChI=1S/C33H36N2O3S2/c1-33(2)25-14-13-23(22-39-27-9-5-4-6-10-27)30(20-25)31(34-33)19-24-21-35(32-12-8-7-11-29(24)32)40(36,37)28-17-15-26(38-3)16-18-28/h4-13,15-18,21,25,30-31,34H,14,19-20,22H2,1-3H3/t25-,30-,31+/m0/s1. The number of para-hydroxylation sites is 1. The molecule has 1 saturated heterocycles. The number of thioether (sulfide) groups is 1. The highest BCUT2D eigenvalue weighted by Gasteiger charge is 2.44. The third-order valence-electron chi connectivity index (χ3n) is 8.71. The minimum atomic E-state index is -3.77. The molecule has 7 heteroatoms. The van der Waals surface area contributed by atoms with Gasteiger partial charge in [-0.25, -0.2) is 12.4 Å². The minimum absolute atomic E-state index is 0.0172. The average molecular weight is 573 g/mol. The zero-order valence-corrected chi connectivity index (χ0v) is 24.8. The molecule has 3 atom stereocenters. The van der Waals surface area contributed by atoms with E-state index in [1.165, 1.54) is 14.4 Å². The van der Waals surface area contributed by atoms with Gasteiger partial charge < -0.3 is 10.1 Å². The van der Waals surface area contributed by atoms with Gasteiger partial charge in [-0.1, -0.05) is 48.0 Å².